The number of fused-ring (bicyclic) bond motifs is 1. The quantitative estimate of drug-likeness (QED) is 0.441. The number of carbonyl (C=O) groups is 1. The molecule has 2 aromatic carbocycles. The first-order valence-corrected chi connectivity index (χ1v) is 10.6. The van der Waals surface area contributed by atoms with E-state index in [0.29, 0.717) is 41.0 Å². The molecule has 0 saturated carbocycles. The van der Waals surface area contributed by atoms with Crippen LogP contribution in [0.2, 0.25) is 0 Å². The number of nitrogens with one attached hydrogen (secondary N) is 2. The minimum atomic E-state index is -4.55. The number of aromatic amines is 1. The average molecular weight is 461 g/mol. The van der Waals surface area contributed by atoms with Crippen LogP contribution in [0.5, 0.6) is 0 Å². The number of aryl methyl sites for hydroxylation is 2. The Morgan fingerprint density at radius 1 is 1.09 bits per heavy atom. The highest BCUT2D eigenvalue weighted by Gasteiger charge is 2.37. The lowest BCUT2D eigenvalue weighted by atomic mass is 10.1. The Morgan fingerprint density at radius 2 is 1.84 bits per heavy atom. The van der Waals surface area contributed by atoms with Crippen LogP contribution in [0.15, 0.2) is 53.3 Å². The molecule has 2 N–H and O–H groups in total. The second-order valence-corrected chi connectivity index (χ2v) is 8.08. The molecule has 4 aromatic rings. The van der Waals surface area contributed by atoms with Gasteiger partial charge in [0, 0.05) is 25.1 Å². The van der Waals surface area contributed by atoms with Gasteiger partial charge in [-0.05, 0) is 36.2 Å². The molecule has 0 unspecified atom stereocenters. The number of aromatic nitrogens is 4. The van der Waals surface area contributed by atoms with Crippen LogP contribution in [0.1, 0.15) is 26.8 Å². The van der Waals surface area contributed by atoms with E-state index in [4.69, 9.17) is 0 Å². The lowest BCUT2D eigenvalue weighted by molar-refractivity contribution is -0.146. The fraction of sp³-hybridized carbons (Fsp3) is 0.238. The maximum Gasteiger partial charge on any atom is 0.449 e. The number of hydrogen-bond donors (Lipinski definition) is 2. The smallest absolute Gasteiger partial charge is 0.352 e. The van der Waals surface area contributed by atoms with E-state index >= 15 is 0 Å². The molecule has 2 heterocycles. The minimum absolute atomic E-state index is 0.105. The lowest BCUT2D eigenvalue weighted by Gasteiger charge is -2.12. The molecule has 0 fully saturated rings. The van der Waals surface area contributed by atoms with E-state index in [2.05, 4.69) is 20.5 Å². The van der Waals surface area contributed by atoms with Crippen LogP contribution in [-0.4, -0.2) is 32.2 Å². The summed E-state index contributed by atoms with van der Waals surface area (Å²) in [5.74, 6) is -1.20. The predicted molar refractivity (Wildman–Crippen MR) is 114 cm³/mol. The molecule has 0 atom stereocenters. The van der Waals surface area contributed by atoms with Gasteiger partial charge in [-0.3, -0.25) is 9.59 Å². The summed E-state index contributed by atoms with van der Waals surface area (Å²) in [5, 5.41) is 9.51. The van der Waals surface area contributed by atoms with Crippen LogP contribution >= 0.6 is 11.3 Å². The SMILES string of the molecule is O=C(NCCc1n[nH]c(=O)s1)c1ccc(CCn2c(C(F)(F)F)nc3ccccc32)cc1. The number of para-hydroxylation sites is 2. The van der Waals surface area contributed by atoms with Gasteiger partial charge in [-0.25, -0.2) is 10.1 Å². The fourth-order valence-corrected chi connectivity index (χ4v) is 3.94. The van der Waals surface area contributed by atoms with Gasteiger partial charge in [0.2, 0.25) is 5.82 Å². The topological polar surface area (TPSA) is 92.7 Å². The van der Waals surface area contributed by atoms with Crippen molar-refractivity contribution in [2.24, 2.45) is 0 Å². The highest BCUT2D eigenvalue weighted by atomic mass is 32.1. The summed E-state index contributed by atoms with van der Waals surface area (Å²) in [6.45, 7) is 0.433. The molecule has 0 bridgehead atoms. The summed E-state index contributed by atoms with van der Waals surface area (Å²) in [4.78, 5) is 26.8. The second-order valence-electron chi connectivity index (χ2n) is 7.03. The number of rotatable bonds is 7. The van der Waals surface area contributed by atoms with Crippen LogP contribution in [0, 0.1) is 0 Å². The maximum atomic E-state index is 13.4. The number of hydrogen-bond acceptors (Lipinski definition) is 5. The Hall–Kier alpha value is -3.47. The van der Waals surface area contributed by atoms with Gasteiger partial charge in [0.1, 0.15) is 5.01 Å². The Balaban J connectivity index is 1.39. The first kappa shape index (κ1) is 21.8. The Kier molecular flexibility index (Phi) is 6.08. The average Bonchev–Trinajstić information content (AvgIpc) is 3.35. The normalized spacial score (nSPS) is 11.7. The third-order valence-corrected chi connectivity index (χ3v) is 5.66. The van der Waals surface area contributed by atoms with Crippen molar-refractivity contribution < 1.29 is 18.0 Å². The van der Waals surface area contributed by atoms with Gasteiger partial charge in [-0.2, -0.15) is 18.3 Å². The third-order valence-electron chi connectivity index (χ3n) is 4.86. The minimum Gasteiger partial charge on any atom is -0.352 e. The summed E-state index contributed by atoms with van der Waals surface area (Å²) < 4.78 is 41.4. The standard InChI is InChI=1S/C21H18F3N5O2S/c22-21(23,24)19-26-15-3-1-2-4-16(15)29(19)12-10-13-5-7-14(8-6-13)18(30)25-11-9-17-27-28-20(31)32-17/h1-8H,9-12H2,(H,25,30)(H,28,31). The van der Waals surface area contributed by atoms with E-state index in [-0.39, 0.29) is 17.3 Å². The molecule has 0 aliphatic carbocycles. The van der Waals surface area contributed by atoms with Gasteiger partial charge in [0.15, 0.2) is 0 Å². The van der Waals surface area contributed by atoms with E-state index in [1.807, 2.05) is 0 Å². The summed E-state index contributed by atoms with van der Waals surface area (Å²) >= 11 is 0.994. The van der Waals surface area contributed by atoms with Crippen molar-refractivity contribution in [3.8, 4) is 0 Å². The molecule has 7 nitrogen and oxygen atoms in total. The zero-order valence-electron chi connectivity index (χ0n) is 16.6. The molecular formula is C21H18F3N5O2S. The molecule has 2 aromatic heterocycles. The number of nitrogens with zero attached hydrogens (tertiary/aromatic N) is 3. The Bertz CT molecular complexity index is 1290. The van der Waals surface area contributed by atoms with E-state index in [9.17, 15) is 22.8 Å². The molecule has 0 saturated heterocycles. The molecular weight excluding hydrogens is 443 g/mol. The van der Waals surface area contributed by atoms with Crippen LogP contribution in [0.3, 0.4) is 0 Å². The molecule has 0 aliphatic rings. The van der Waals surface area contributed by atoms with Crippen molar-refractivity contribution in [2.45, 2.75) is 25.6 Å². The van der Waals surface area contributed by atoms with Gasteiger partial charge in [-0.15, -0.1) is 0 Å². The van der Waals surface area contributed by atoms with Crippen molar-refractivity contribution in [1.82, 2.24) is 25.1 Å². The largest absolute Gasteiger partial charge is 0.449 e. The van der Waals surface area contributed by atoms with Gasteiger partial charge in [0.05, 0.1) is 11.0 Å². The number of carbonyl (C=O) groups excluding carboxylic acids is 1. The van der Waals surface area contributed by atoms with E-state index in [1.165, 1.54) is 4.57 Å². The van der Waals surface area contributed by atoms with Gasteiger partial charge >= 0.3 is 11.0 Å². The highest BCUT2D eigenvalue weighted by molar-refractivity contribution is 7.08. The van der Waals surface area contributed by atoms with Gasteiger partial charge in [-0.1, -0.05) is 35.6 Å². The van der Waals surface area contributed by atoms with Crippen molar-refractivity contribution in [3.63, 3.8) is 0 Å². The number of imidazole rings is 1. The van der Waals surface area contributed by atoms with E-state index in [0.717, 1.165) is 16.9 Å². The molecule has 11 heteroatoms. The molecule has 1 amide bonds. The number of benzene rings is 2. The molecule has 0 radical (unpaired) electrons. The zero-order chi connectivity index (χ0) is 22.7. The Morgan fingerprint density at radius 3 is 2.53 bits per heavy atom. The van der Waals surface area contributed by atoms with Crippen molar-refractivity contribution in [1.29, 1.82) is 0 Å². The number of H-pyrrole nitrogens is 1. The molecule has 166 valence electrons. The maximum absolute atomic E-state index is 13.4. The van der Waals surface area contributed by atoms with Crippen molar-refractivity contribution in [2.75, 3.05) is 6.54 Å². The highest BCUT2D eigenvalue weighted by Crippen LogP contribution is 2.31. The summed E-state index contributed by atoms with van der Waals surface area (Å²) in [6.07, 6.45) is -3.76. The van der Waals surface area contributed by atoms with Crippen LogP contribution < -0.4 is 10.2 Å². The number of amides is 1. The zero-order valence-corrected chi connectivity index (χ0v) is 17.5. The lowest BCUT2D eigenvalue weighted by Crippen LogP contribution is -2.25. The van der Waals surface area contributed by atoms with E-state index in [1.54, 1.807) is 48.5 Å². The van der Waals surface area contributed by atoms with Crippen molar-refractivity contribution in [3.05, 3.63) is 80.2 Å². The molecule has 0 aliphatic heterocycles. The molecule has 4 rings (SSSR count). The first-order valence-electron chi connectivity index (χ1n) is 9.75. The predicted octanol–water partition coefficient (Wildman–Crippen LogP) is 3.42. The Labute approximate surface area is 183 Å². The third kappa shape index (κ3) is 4.88. The first-order chi connectivity index (χ1) is 15.3. The summed E-state index contributed by atoms with van der Waals surface area (Å²) in [6, 6.07) is 13.2. The van der Waals surface area contributed by atoms with Gasteiger partial charge in [0.25, 0.3) is 5.91 Å². The number of halogens is 3. The van der Waals surface area contributed by atoms with Crippen LogP contribution in [0.4, 0.5) is 13.2 Å². The van der Waals surface area contributed by atoms with Crippen LogP contribution in [-0.2, 0) is 25.6 Å². The second kappa shape index (κ2) is 8.95. The van der Waals surface area contributed by atoms with Crippen LogP contribution in [0.25, 0.3) is 11.0 Å². The van der Waals surface area contributed by atoms with Gasteiger partial charge < -0.3 is 9.88 Å². The van der Waals surface area contributed by atoms with E-state index < -0.39 is 12.0 Å². The summed E-state index contributed by atoms with van der Waals surface area (Å²) in [5.41, 5.74) is 1.97. The molecule has 0 spiro atoms. The summed E-state index contributed by atoms with van der Waals surface area (Å²) in [7, 11) is 0. The fourth-order valence-electron chi connectivity index (χ4n) is 3.33. The number of alkyl halides is 3. The van der Waals surface area contributed by atoms with Crippen molar-refractivity contribution >= 4 is 28.3 Å². The monoisotopic (exact) mass is 461 g/mol. The molecule has 32 heavy (non-hydrogen) atoms.